The first-order valence-electron chi connectivity index (χ1n) is 4.06. The second kappa shape index (κ2) is 3.95. The van der Waals surface area contributed by atoms with Gasteiger partial charge in [0.05, 0.1) is 12.0 Å². The van der Waals surface area contributed by atoms with Crippen LogP contribution in [0.3, 0.4) is 0 Å². The number of nitrogens with one attached hydrogen (secondary N) is 1. The van der Waals surface area contributed by atoms with Crippen LogP contribution in [0, 0.1) is 4.77 Å². The Kier molecular flexibility index (Phi) is 2.65. The number of hydrogen-bond acceptors (Lipinski definition) is 6. The van der Waals surface area contributed by atoms with Crippen molar-refractivity contribution in [3.63, 3.8) is 0 Å². The van der Waals surface area contributed by atoms with E-state index in [4.69, 9.17) is 22.7 Å². The van der Waals surface area contributed by atoms with Crippen LogP contribution in [0.1, 0.15) is 0 Å². The van der Waals surface area contributed by atoms with E-state index in [9.17, 15) is 0 Å². The third-order valence-electron chi connectivity index (χ3n) is 1.71. The van der Waals surface area contributed by atoms with Gasteiger partial charge in [-0.15, -0.1) is 11.3 Å². The summed E-state index contributed by atoms with van der Waals surface area (Å²) in [6.45, 7) is 0. The molecule has 0 saturated heterocycles. The third-order valence-corrected chi connectivity index (χ3v) is 2.81. The number of nitrogens with zero attached hydrogens (tertiary/aromatic N) is 2. The number of nitrogen functional groups attached to an aromatic ring is 1. The summed E-state index contributed by atoms with van der Waals surface area (Å²) in [5.74, 6) is 1.66. The van der Waals surface area contributed by atoms with Gasteiger partial charge in [-0.3, -0.25) is 0 Å². The highest BCUT2D eigenvalue weighted by molar-refractivity contribution is 7.71. The van der Waals surface area contributed by atoms with Gasteiger partial charge in [0.2, 0.25) is 10.7 Å². The molecule has 2 rings (SSSR count). The van der Waals surface area contributed by atoms with E-state index in [2.05, 4.69) is 15.0 Å². The van der Waals surface area contributed by atoms with E-state index < -0.39 is 0 Å². The van der Waals surface area contributed by atoms with Crippen molar-refractivity contribution in [2.24, 2.45) is 0 Å². The second-order valence-electron chi connectivity index (χ2n) is 2.72. The first-order chi connectivity index (χ1) is 7.19. The quantitative estimate of drug-likeness (QED) is 0.783. The first-order valence-corrected chi connectivity index (χ1v) is 5.34. The van der Waals surface area contributed by atoms with Gasteiger partial charge >= 0.3 is 0 Å². The molecule has 0 fully saturated rings. The van der Waals surface area contributed by atoms with Crippen LogP contribution >= 0.6 is 23.6 Å². The zero-order valence-electron chi connectivity index (χ0n) is 7.85. The average Bonchev–Trinajstić information content (AvgIpc) is 2.64. The average molecular weight is 240 g/mol. The highest BCUT2D eigenvalue weighted by Gasteiger charge is 2.05. The summed E-state index contributed by atoms with van der Waals surface area (Å²) in [7, 11) is 1.61. The number of H-pyrrole nitrogens is 1. The minimum Gasteiger partial charge on any atom is -0.496 e. The fourth-order valence-corrected chi connectivity index (χ4v) is 2.06. The third kappa shape index (κ3) is 2.13. The minimum absolute atomic E-state index is 0.230. The number of aromatic amines is 1. The van der Waals surface area contributed by atoms with Crippen molar-refractivity contribution in [2.75, 3.05) is 12.8 Å². The number of aromatic nitrogens is 3. The van der Waals surface area contributed by atoms with Gasteiger partial charge in [-0.1, -0.05) is 0 Å². The Bertz CT molecular complexity index is 533. The van der Waals surface area contributed by atoms with Gasteiger partial charge in [0.25, 0.3) is 0 Å². The van der Waals surface area contributed by atoms with Crippen molar-refractivity contribution in [2.45, 2.75) is 0 Å². The Hall–Kier alpha value is -1.47. The van der Waals surface area contributed by atoms with Crippen LogP contribution in [0.25, 0.3) is 10.7 Å². The zero-order chi connectivity index (χ0) is 10.8. The topological polar surface area (TPSA) is 76.8 Å². The Morgan fingerprint density at radius 1 is 1.53 bits per heavy atom. The molecule has 0 aliphatic heterocycles. The molecule has 0 unspecified atom stereocenters. The number of methoxy groups -OCH3 is 1. The van der Waals surface area contributed by atoms with E-state index in [0.717, 1.165) is 10.6 Å². The van der Waals surface area contributed by atoms with E-state index in [1.54, 1.807) is 7.11 Å². The van der Waals surface area contributed by atoms with Crippen molar-refractivity contribution >= 4 is 29.5 Å². The molecule has 5 nitrogen and oxygen atoms in total. The molecule has 78 valence electrons. The summed E-state index contributed by atoms with van der Waals surface area (Å²) in [4.78, 5) is 11.6. The molecular weight excluding hydrogens is 232 g/mol. The van der Waals surface area contributed by atoms with Crippen molar-refractivity contribution in [1.82, 2.24) is 15.0 Å². The van der Waals surface area contributed by atoms with Crippen LogP contribution in [-0.4, -0.2) is 22.1 Å². The maximum absolute atomic E-state index is 5.54. The number of hydrogen-bond donors (Lipinski definition) is 2. The summed E-state index contributed by atoms with van der Waals surface area (Å²) in [5.41, 5.74) is 5.54. The fraction of sp³-hybridized carbons (Fsp3) is 0.125. The van der Waals surface area contributed by atoms with Gasteiger partial charge in [-0.25, -0.2) is 0 Å². The molecule has 0 saturated carbocycles. The summed E-state index contributed by atoms with van der Waals surface area (Å²) < 4.78 is 5.30. The molecule has 2 aromatic rings. The highest BCUT2D eigenvalue weighted by atomic mass is 32.1. The van der Waals surface area contributed by atoms with Gasteiger partial charge in [0.15, 0.2) is 5.82 Å². The molecule has 0 aliphatic rings. The summed E-state index contributed by atoms with van der Waals surface area (Å²) in [6, 6.07) is 1.86. The number of rotatable bonds is 2. The molecule has 2 aromatic heterocycles. The van der Waals surface area contributed by atoms with Crippen molar-refractivity contribution in [1.29, 1.82) is 0 Å². The molecule has 7 heteroatoms. The first kappa shape index (κ1) is 10.1. The van der Waals surface area contributed by atoms with Gasteiger partial charge < -0.3 is 15.5 Å². The fourth-order valence-electron chi connectivity index (χ4n) is 1.07. The monoisotopic (exact) mass is 240 g/mol. The predicted octanol–water partition coefficient (Wildman–Crippen LogP) is 1.85. The lowest BCUT2D eigenvalue weighted by molar-refractivity contribution is 0.417. The lowest BCUT2D eigenvalue weighted by atomic mass is 10.4. The molecule has 0 aliphatic carbocycles. The van der Waals surface area contributed by atoms with Crippen LogP contribution in [0.2, 0.25) is 0 Å². The van der Waals surface area contributed by atoms with Crippen molar-refractivity contribution < 1.29 is 4.74 Å². The van der Waals surface area contributed by atoms with Crippen LogP contribution in [0.4, 0.5) is 5.95 Å². The van der Waals surface area contributed by atoms with Crippen LogP contribution in [0.5, 0.6) is 5.75 Å². The van der Waals surface area contributed by atoms with E-state index in [1.807, 2.05) is 11.4 Å². The van der Waals surface area contributed by atoms with Gasteiger partial charge in [-0.05, 0) is 12.2 Å². The van der Waals surface area contributed by atoms with E-state index in [-0.39, 0.29) is 10.7 Å². The summed E-state index contributed by atoms with van der Waals surface area (Å²) in [5, 5.41) is 1.88. The van der Waals surface area contributed by atoms with Crippen molar-refractivity contribution in [3.8, 4) is 16.5 Å². The number of anilines is 1. The molecular formula is C8H8N4OS2. The molecule has 0 aromatic carbocycles. The van der Waals surface area contributed by atoms with Gasteiger partial charge in [-0.2, -0.15) is 9.97 Å². The number of thiophene rings is 1. The number of ether oxygens (including phenoxy) is 1. The standard InChI is InChI=1S/C8H8N4OS2/c1-13-4-2-5(15-3-4)6-10-7(9)12-8(14)11-6/h2-3H,1H3,(H3,9,10,11,12,14). The largest absolute Gasteiger partial charge is 0.496 e. The molecule has 0 spiro atoms. The van der Waals surface area contributed by atoms with E-state index in [1.165, 1.54) is 11.3 Å². The smallest absolute Gasteiger partial charge is 0.224 e. The predicted molar refractivity (Wildman–Crippen MR) is 61.5 cm³/mol. The summed E-state index contributed by atoms with van der Waals surface area (Å²) in [6.07, 6.45) is 0. The normalized spacial score (nSPS) is 10.2. The molecule has 0 radical (unpaired) electrons. The van der Waals surface area contributed by atoms with E-state index in [0.29, 0.717) is 5.82 Å². The number of nitrogens with two attached hydrogens (primary N) is 1. The maximum Gasteiger partial charge on any atom is 0.224 e. The molecule has 3 N–H and O–H groups in total. The van der Waals surface area contributed by atoms with Crippen molar-refractivity contribution in [3.05, 3.63) is 16.2 Å². The lowest BCUT2D eigenvalue weighted by Gasteiger charge is -1.97. The Morgan fingerprint density at radius 2 is 2.33 bits per heavy atom. The molecule has 0 amide bonds. The Balaban J connectivity index is 2.48. The van der Waals surface area contributed by atoms with Crippen LogP contribution < -0.4 is 10.5 Å². The van der Waals surface area contributed by atoms with E-state index >= 15 is 0 Å². The molecule has 2 heterocycles. The highest BCUT2D eigenvalue weighted by Crippen LogP contribution is 2.28. The van der Waals surface area contributed by atoms with Crippen LogP contribution in [-0.2, 0) is 0 Å². The zero-order valence-corrected chi connectivity index (χ0v) is 9.48. The maximum atomic E-state index is 5.54. The van der Waals surface area contributed by atoms with Gasteiger partial charge in [0, 0.05) is 11.4 Å². The second-order valence-corrected chi connectivity index (χ2v) is 3.99. The van der Waals surface area contributed by atoms with Crippen LogP contribution in [0.15, 0.2) is 11.4 Å². The SMILES string of the molecule is COc1csc(-c2nc(=S)nc(N)[nH]2)c1. The lowest BCUT2D eigenvalue weighted by Crippen LogP contribution is -1.98. The molecule has 0 atom stereocenters. The summed E-state index contributed by atoms with van der Waals surface area (Å²) >= 11 is 6.37. The molecule has 15 heavy (non-hydrogen) atoms. The Morgan fingerprint density at radius 3 is 2.93 bits per heavy atom. The minimum atomic E-state index is 0.230. The van der Waals surface area contributed by atoms with Gasteiger partial charge in [0.1, 0.15) is 5.75 Å². The Labute approximate surface area is 95.0 Å². The molecule has 0 bridgehead atoms.